The van der Waals surface area contributed by atoms with Gasteiger partial charge >= 0.3 is 0 Å². The molecule has 2 aromatic carbocycles. The van der Waals surface area contributed by atoms with E-state index in [9.17, 15) is 4.79 Å². The molecule has 0 aliphatic heterocycles. The van der Waals surface area contributed by atoms with Gasteiger partial charge in [-0.1, -0.05) is 13.8 Å². The van der Waals surface area contributed by atoms with E-state index in [1.807, 2.05) is 12.1 Å². The van der Waals surface area contributed by atoms with Crippen LogP contribution in [0, 0.1) is 5.92 Å². The van der Waals surface area contributed by atoms with Gasteiger partial charge in [-0.15, -0.1) is 5.10 Å². The van der Waals surface area contributed by atoms with E-state index >= 15 is 0 Å². The summed E-state index contributed by atoms with van der Waals surface area (Å²) >= 11 is 0. The molecule has 0 bridgehead atoms. The van der Waals surface area contributed by atoms with Crippen molar-refractivity contribution in [2.45, 2.75) is 20.3 Å². The number of nitrogens with one attached hydrogen (secondary N) is 1. The average molecular weight is 408 g/mol. The summed E-state index contributed by atoms with van der Waals surface area (Å²) in [4.78, 5) is 12.3. The number of hydrogen-bond acceptors (Lipinski definition) is 7. The van der Waals surface area contributed by atoms with Gasteiger partial charge in [0.1, 0.15) is 6.33 Å². The number of nitrogens with zero attached hydrogens (tertiary/aromatic N) is 5. The summed E-state index contributed by atoms with van der Waals surface area (Å²) in [5.74, 6) is 1.55. The molecule has 1 heterocycles. The number of carbonyl (C=O) groups is 1. The molecule has 9 heteroatoms. The van der Waals surface area contributed by atoms with Crippen molar-refractivity contribution in [3.8, 4) is 17.2 Å². The van der Waals surface area contributed by atoms with Crippen LogP contribution in [0.4, 0.5) is 0 Å². The summed E-state index contributed by atoms with van der Waals surface area (Å²) in [6, 6.07) is 12.3. The molecule has 0 radical (unpaired) electrons. The Kier molecular flexibility index (Phi) is 7.09. The Morgan fingerprint density at radius 1 is 1.20 bits per heavy atom. The minimum atomic E-state index is -0.324. The number of hydrogen-bond donors (Lipinski definition) is 1. The molecule has 1 aromatic heterocycles. The first-order valence-corrected chi connectivity index (χ1v) is 9.54. The number of ether oxygens (including phenoxy) is 2. The minimum absolute atomic E-state index is 0.324. The number of hydrazone groups is 1. The Morgan fingerprint density at radius 3 is 2.67 bits per heavy atom. The van der Waals surface area contributed by atoms with Gasteiger partial charge in [0.25, 0.3) is 5.91 Å². The van der Waals surface area contributed by atoms with Gasteiger partial charge in [0.05, 0.1) is 25.6 Å². The highest BCUT2D eigenvalue weighted by molar-refractivity contribution is 5.95. The fraction of sp³-hybridized carbons (Fsp3) is 0.286. The van der Waals surface area contributed by atoms with Crippen LogP contribution in [0.5, 0.6) is 11.5 Å². The lowest BCUT2D eigenvalue weighted by atomic mass is 10.1. The average Bonchev–Trinajstić information content (AvgIpc) is 3.29. The molecule has 0 fully saturated rings. The second-order valence-corrected chi connectivity index (χ2v) is 6.94. The maximum absolute atomic E-state index is 12.3. The monoisotopic (exact) mass is 408 g/mol. The van der Waals surface area contributed by atoms with Gasteiger partial charge in [0.2, 0.25) is 0 Å². The number of methoxy groups -OCH3 is 1. The molecule has 0 aliphatic carbocycles. The topological polar surface area (TPSA) is 104 Å². The smallest absolute Gasteiger partial charge is 0.271 e. The summed E-state index contributed by atoms with van der Waals surface area (Å²) in [6.45, 7) is 4.93. The van der Waals surface area contributed by atoms with Crippen molar-refractivity contribution < 1.29 is 14.3 Å². The number of amides is 1. The van der Waals surface area contributed by atoms with Crippen LogP contribution in [0.2, 0.25) is 0 Å². The van der Waals surface area contributed by atoms with E-state index in [2.05, 4.69) is 39.9 Å². The van der Waals surface area contributed by atoms with Gasteiger partial charge in [0.15, 0.2) is 11.5 Å². The second kappa shape index (κ2) is 10.1. The van der Waals surface area contributed by atoms with Crippen molar-refractivity contribution in [2.24, 2.45) is 11.0 Å². The third-order valence-corrected chi connectivity index (χ3v) is 4.26. The molecule has 156 valence electrons. The Morgan fingerprint density at radius 2 is 2.00 bits per heavy atom. The van der Waals surface area contributed by atoms with Crippen LogP contribution in [0.3, 0.4) is 0 Å². The lowest BCUT2D eigenvalue weighted by Gasteiger charge is -2.12. The van der Waals surface area contributed by atoms with Crippen LogP contribution < -0.4 is 14.9 Å². The standard InChI is InChI=1S/C21H24N6O3/c1-15(2)10-11-30-19-9-4-16(12-20(19)29-3)13-22-24-21(28)17-5-7-18(8-6-17)27-14-23-25-26-27/h4-9,12-15H,10-11H2,1-3H3,(H,24,28)/b22-13+. The predicted molar refractivity (Wildman–Crippen MR) is 112 cm³/mol. The normalized spacial score (nSPS) is 11.1. The maximum atomic E-state index is 12.3. The van der Waals surface area contributed by atoms with Crippen molar-refractivity contribution in [1.29, 1.82) is 0 Å². The molecule has 0 saturated carbocycles. The Hall–Kier alpha value is -3.75. The molecule has 30 heavy (non-hydrogen) atoms. The molecular weight excluding hydrogens is 384 g/mol. The van der Waals surface area contributed by atoms with E-state index in [4.69, 9.17) is 9.47 Å². The number of aromatic nitrogens is 4. The SMILES string of the molecule is COc1cc(/C=N/NC(=O)c2ccc(-n3cnnn3)cc2)ccc1OCCC(C)C. The first-order chi connectivity index (χ1) is 14.6. The second-order valence-electron chi connectivity index (χ2n) is 6.94. The molecule has 3 rings (SSSR count). The van der Waals surface area contributed by atoms with Crippen molar-refractivity contribution in [3.05, 3.63) is 59.9 Å². The zero-order valence-corrected chi connectivity index (χ0v) is 17.1. The van der Waals surface area contributed by atoms with Crippen LogP contribution >= 0.6 is 0 Å². The lowest BCUT2D eigenvalue weighted by Crippen LogP contribution is -2.17. The first kappa shape index (κ1) is 21.0. The fourth-order valence-electron chi connectivity index (χ4n) is 2.56. The van der Waals surface area contributed by atoms with Gasteiger partial charge in [-0.2, -0.15) is 5.10 Å². The minimum Gasteiger partial charge on any atom is -0.493 e. The van der Waals surface area contributed by atoms with Crippen LogP contribution in [0.1, 0.15) is 36.2 Å². The fourth-order valence-corrected chi connectivity index (χ4v) is 2.56. The molecule has 0 unspecified atom stereocenters. The van der Waals surface area contributed by atoms with Gasteiger partial charge in [-0.05, 0) is 70.8 Å². The summed E-state index contributed by atoms with van der Waals surface area (Å²) in [5.41, 5.74) is 4.51. The number of rotatable bonds is 9. The highest BCUT2D eigenvalue weighted by Gasteiger charge is 2.07. The van der Waals surface area contributed by atoms with E-state index < -0.39 is 0 Å². The Labute approximate surface area is 174 Å². The van der Waals surface area contributed by atoms with E-state index in [1.165, 1.54) is 11.0 Å². The van der Waals surface area contributed by atoms with Crippen LogP contribution in [0.15, 0.2) is 53.9 Å². The predicted octanol–water partition coefficient (Wildman–Crippen LogP) is 2.86. The molecule has 1 N–H and O–H groups in total. The molecule has 1 amide bonds. The summed E-state index contributed by atoms with van der Waals surface area (Å²) in [5, 5.41) is 15.0. The number of carbonyl (C=O) groups excluding carboxylic acids is 1. The zero-order valence-electron chi connectivity index (χ0n) is 17.1. The highest BCUT2D eigenvalue weighted by atomic mass is 16.5. The Balaban J connectivity index is 1.58. The number of tetrazole rings is 1. The molecule has 0 saturated heterocycles. The van der Waals surface area contributed by atoms with Gasteiger partial charge in [0, 0.05) is 5.56 Å². The zero-order chi connectivity index (χ0) is 21.3. The number of benzene rings is 2. The van der Waals surface area contributed by atoms with Crippen molar-refractivity contribution in [2.75, 3.05) is 13.7 Å². The third-order valence-electron chi connectivity index (χ3n) is 4.26. The van der Waals surface area contributed by atoms with Gasteiger partial charge < -0.3 is 9.47 Å². The van der Waals surface area contributed by atoms with E-state index in [1.54, 1.807) is 43.7 Å². The molecule has 0 spiro atoms. The van der Waals surface area contributed by atoms with Gasteiger partial charge in [-0.25, -0.2) is 10.1 Å². The summed E-state index contributed by atoms with van der Waals surface area (Å²) < 4.78 is 12.7. The summed E-state index contributed by atoms with van der Waals surface area (Å²) in [7, 11) is 1.59. The molecule has 0 atom stereocenters. The van der Waals surface area contributed by atoms with Crippen molar-refractivity contribution in [3.63, 3.8) is 0 Å². The van der Waals surface area contributed by atoms with E-state index in [0.29, 0.717) is 29.6 Å². The quantitative estimate of drug-likeness (QED) is 0.431. The lowest BCUT2D eigenvalue weighted by molar-refractivity contribution is 0.0955. The van der Waals surface area contributed by atoms with Crippen LogP contribution in [-0.2, 0) is 0 Å². The molecular formula is C21H24N6O3. The molecule has 0 aliphatic rings. The third kappa shape index (κ3) is 5.63. The van der Waals surface area contributed by atoms with E-state index in [0.717, 1.165) is 17.7 Å². The van der Waals surface area contributed by atoms with E-state index in [-0.39, 0.29) is 5.91 Å². The Bertz CT molecular complexity index is 984. The first-order valence-electron chi connectivity index (χ1n) is 9.54. The largest absolute Gasteiger partial charge is 0.493 e. The molecule has 3 aromatic rings. The van der Waals surface area contributed by atoms with Crippen LogP contribution in [-0.4, -0.2) is 46.0 Å². The maximum Gasteiger partial charge on any atom is 0.271 e. The molecule has 9 nitrogen and oxygen atoms in total. The van der Waals surface area contributed by atoms with Crippen molar-refractivity contribution in [1.82, 2.24) is 25.6 Å². The van der Waals surface area contributed by atoms with Gasteiger partial charge in [-0.3, -0.25) is 4.79 Å². The summed E-state index contributed by atoms with van der Waals surface area (Å²) in [6.07, 6.45) is 4.00. The van der Waals surface area contributed by atoms with Crippen LogP contribution in [0.25, 0.3) is 5.69 Å². The highest BCUT2D eigenvalue weighted by Crippen LogP contribution is 2.27. The van der Waals surface area contributed by atoms with Crippen molar-refractivity contribution >= 4 is 12.1 Å².